The second-order valence-electron chi connectivity index (χ2n) is 6.17. The fraction of sp³-hybridized carbons (Fsp3) is 0.350. The van der Waals surface area contributed by atoms with Crippen LogP contribution in [-0.2, 0) is 4.79 Å². The van der Waals surface area contributed by atoms with Crippen LogP contribution in [0.25, 0.3) is 0 Å². The summed E-state index contributed by atoms with van der Waals surface area (Å²) in [6.07, 6.45) is -0.596. The fourth-order valence-corrected chi connectivity index (χ4v) is 2.49. The predicted octanol–water partition coefficient (Wildman–Crippen LogP) is 2.88. The van der Waals surface area contributed by atoms with Gasteiger partial charge in [-0.05, 0) is 50.8 Å². The molecule has 2 aromatic carbocycles. The summed E-state index contributed by atoms with van der Waals surface area (Å²) in [7, 11) is 5.58. The summed E-state index contributed by atoms with van der Waals surface area (Å²) in [6, 6.07) is 17.0. The van der Waals surface area contributed by atoms with Gasteiger partial charge in [0.2, 0.25) is 0 Å². The quantitative estimate of drug-likeness (QED) is 0.801. The Balaban J connectivity index is 2.01. The molecule has 0 spiro atoms. The van der Waals surface area contributed by atoms with Crippen LogP contribution in [0.4, 0.5) is 0 Å². The molecule has 0 bridgehead atoms. The number of nitrogens with zero attached hydrogens (tertiary/aromatic N) is 1. The summed E-state index contributed by atoms with van der Waals surface area (Å²) in [5, 5.41) is 3.08. The number of hydrogen-bond donors (Lipinski definition) is 1. The van der Waals surface area contributed by atoms with E-state index in [1.54, 1.807) is 38.3 Å². The molecule has 134 valence electrons. The molecule has 1 amide bonds. The molecule has 0 aliphatic rings. The molecule has 25 heavy (non-hydrogen) atoms. The van der Waals surface area contributed by atoms with Crippen molar-refractivity contribution in [1.29, 1.82) is 0 Å². The van der Waals surface area contributed by atoms with E-state index in [2.05, 4.69) is 5.32 Å². The van der Waals surface area contributed by atoms with Crippen molar-refractivity contribution in [3.8, 4) is 11.5 Å². The topological polar surface area (TPSA) is 50.8 Å². The summed E-state index contributed by atoms with van der Waals surface area (Å²) >= 11 is 0. The molecule has 0 aliphatic heterocycles. The zero-order valence-electron chi connectivity index (χ0n) is 15.2. The number of amides is 1. The molecule has 5 nitrogen and oxygen atoms in total. The van der Waals surface area contributed by atoms with Crippen LogP contribution < -0.4 is 14.8 Å². The van der Waals surface area contributed by atoms with Gasteiger partial charge in [0.1, 0.15) is 11.5 Å². The van der Waals surface area contributed by atoms with E-state index in [1.165, 1.54) is 0 Å². The van der Waals surface area contributed by atoms with Crippen LogP contribution in [0, 0.1) is 0 Å². The fourth-order valence-electron chi connectivity index (χ4n) is 2.49. The zero-order valence-corrected chi connectivity index (χ0v) is 15.2. The first-order chi connectivity index (χ1) is 12.0. The highest BCUT2D eigenvalue weighted by molar-refractivity contribution is 5.81. The standard InChI is InChI=1S/C20H26N2O3/c1-15(25-18-12-10-17(24-4)11-13-18)20(23)21-19(14-22(2)3)16-8-6-5-7-9-16/h5-13,15,19H,14H2,1-4H3,(H,21,23)/t15-,19-/m0/s1. The van der Waals surface area contributed by atoms with Crippen LogP contribution in [0.3, 0.4) is 0 Å². The summed E-state index contributed by atoms with van der Waals surface area (Å²) in [5.41, 5.74) is 1.07. The van der Waals surface area contributed by atoms with Crippen LogP contribution in [0.15, 0.2) is 54.6 Å². The normalized spacial score (nSPS) is 13.2. The van der Waals surface area contributed by atoms with Gasteiger partial charge in [0.25, 0.3) is 5.91 Å². The molecule has 2 rings (SSSR count). The minimum atomic E-state index is -0.596. The lowest BCUT2D eigenvalue weighted by Crippen LogP contribution is -2.41. The third-order valence-corrected chi connectivity index (χ3v) is 3.81. The molecule has 0 saturated heterocycles. The van der Waals surface area contributed by atoms with Crippen molar-refractivity contribution in [1.82, 2.24) is 10.2 Å². The minimum absolute atomic E-state index is 0.0920. The van der Waals surface area contributed by atoms with Gasteiger partial charge in [0.15, 0.2) is 6.10 Å². The van der Waals surface area contributed by atoms with E-state index in [0.29, 0.717) is 12.3 Å². The number of methoxy groups -OCH3 is 1. The Morgan fingerprint density at radius 1 is 1.04 bits per heavy atom. The maximum atomic E-state index is 12.6. The molecule has 0 aromatic heterocycles. The number of ether oxygens (including phenoxy) is 2. The molecule has 0 aliphatic carbocycles. The molecule has 2 atom stereocenters. The first-order valence-corrected chi connectivity index (χ1v) is 8.30. The molecule has 0 heterocycles. The lowest BCUT2D eigenvalue weighted by molar-refractivity contribution is -0.128. The van der Waals surface area contributed by atoms with Gasteiger partial charge in [-0.15, -0.1) is 0 Å². The van der Waals surface area contributed by atoms with Crippen LogP contribution in [0.2, 0.25) is 0 Å². The van der Waals surface area contributed by atoms with Gasteiger partial charge in [0.05, 0.1) is 13.2 Å². The first-order valence-electron chi connectivity index (χ1n) is 8.30. The Morgan fingerprint density at radius 2 is 1.64 bits per heavy atom. The van der Waals surface area contributed by atoms with Gasteiger partial charge in [-0.2, -0.15) is 0 Å². The van der Waals surface area contributed by atoms with E-state index in [0.717, 1.165) is 11.3 Å². The van der Waals surface area contributed by atoms with Crippen molar-refractivity contribution >= 4 is 5.91 Å². The molecule has 0 radical (unpaired) electrons. The number of carbonyl (C=O) groups is 1. The predicted molar refractivity (Wildman–Crippen MR) is 99.0 cm³/mol. The van der Waals surface area contributed by atoms with Gasteiger partial charge >= 0.3 is 0 Å². The second-order valence-corrected chi connectivity index (χ2v) is 6.17. The van der Waals surface area contributed by atoms with Crippen molar-refractivity contribution in [2.24, 2.45) is 0 Å². The van der Waals surface area contributed by atoms with Crippen molar-refractivity contribution < 1.29 is 14.3 Å². The summed E-state index contributed by atoms with van der Waals surface area (Å²) in [4.78, 5) is 14.6. The minimum Gasteiger partial charge on any atom is -0.497 e. The summed E-state index contributed by atoms with van der Waals surface area (Å²) < 4.78 is 10.9. The number of hydrogen-bond acceptors (Lipinski definition) is 4. The molecule has 2 aromatic rings. The van der Waals surface area contributed by atoms with Crippen LogP contribution >= 0.6 is 0 Å². The molecule has 5 heteroatoms. The molecular weight excluding hydrogens is 316 g/mol. The number of rotatable bonds is 8. The average Bonchev–Trinajstić information content (AvgIpc) is 2.62. The van der Waals surface area contributed by atoms with Crippen molar-refractivity contribution in [3.63, 3.8) is 0 Å². The van der Waals surface area contributed by atoms with Crippen LogP contribution in [0.5, 0.6) is 11.5 Å². The van der Waals surface area contributed by atoms with Gasteiger partial charge < -0.3 is 19.7 Å². The molecule has 1 N–H and O–H groups in total. The zero-order chi connectivity index (χ0) is 18.2. The summed E-state index contributed by atoms with van der Waals surface area (Å²) in [6.45, 7) is 2.46. The second kappa shape index (κ2) is 9.08. The largest absolute Gasteiger partial charge is 0.497 e. The number of carbonyl (C=O) groups excluding carboxylic acids is 1. The summed E-state index contributed by atoms with van der Waals surface area (Å²) in [5.74, 6) is 1.23. The molecule has 0 fully saturated rings. The van der Waals surface area contributed by atoms with Gasteiger partial charge in [0, 0.05) is 6.54 Å². The molecule has 0 saturated carbocycles. The van der Waals surface area contributed by atoms with E-state index >= 15 is 0 Å². The lowest BCUT2D eigenvalue weighted by atomic mass is 10.1. The SMILES string of the molecule is COc1ccc(O[C@@H](C)C(=O)N[C@@H](CN(C)C)c2ccccc2)cc1. The van der Waals surface area contributed by atoms with Crippen LogP contribution in [0.1, 0.15) is 18.5 Å². The van der Waals surface area contributed by atoms with Gasteiger partial charge in [-0.25, -0.2) is 0 Å². The lowest BCUT2D eigenvalue weighted by Gasteiger charge is -2.24. The Labute approximate surface area is 149 Å². The third kappa shape index (κ3) is 5.80. The highest BCUT2D eigenvalue weighted by atomic mass is 16.5. The van der Waals surface area contributed by atoms with Crippen molar-refractivity contribution in [2.75, 3.05) is 27.7 Å². The van der Waals surface area contributed by atoms with E-state index < -0.39 is 6.10 Å². The van der Waals surface area contributed by atoms with Gasteiger partial charge in [-0.3, -0.25) is 4.79 Å². The van der Waals surface area contributed by atoms with Crippen molar-refractivity contribution in [2.45, 2.75) is 19.1 Å². The van der Waals surface area contributed by atoms with E-state index in [-0.39, 0.29) is 11.9 Å². The Hall–Kier alpha value is -2.53. The maximum absolute atomic E-state index is 12.6. The van der Waals surface area contributed by atoms with Crippen molar-refractivity contribution in [3.05, 3.63) is 60.2 Å². The number of nitrogens with one attached hydrogen (secondary N) is 1. The Morgan fingerprint density at radius 3 is 2.20 bits per heavy atom. The van der Waals surface area contributed by atoms with E-state index in [9.17, 15) is 4.79 Å². The Kier molecular flexibility index (Phi) is 6.83. The third-order valence-electron chi connectivity index (χ3n) is 3.81. The monoisotopic (exact) mass is 342 g/mol. The van der Waals surface area contributed by atoms with E-state index in [1.807, 2.05) is 49.3 Å². The highest BCUT2D eigenvalue weighted by Gasteiger charge is 2.20. The van der Waals surface area contributed by atoms with Crippen LogP contribution in [-0.4, -0.2) is 44.7 Å². The number of likely N-dealkylation sites (N-methyl/N-ethyl adjacent to an activating group) is 1. The smallest absolute Gasteiger partial charge is 0.261 e. The van der Waals surface area contributed by atoms with E-state index in [4.69, 9.17) is 9.47 Å². The first kappa shape index (κ1) is 18.8. The molecule has 0 unspecified atom stereocenters. The maximum Gasteiger partial charge on any atom is 0.261 e. The highest BCUT2D eigenvalue weighted by Crippen LogP contribution is 2.19. The average molecular weight is 342 g/mol. The number of benzene rings is 2. The molecular formula is C20H26N2O3. The van der Waals surface area contributed by atoms with Gasteiger partial charge in [-0.1, -0.05) is 30.3 Å². The Bertz CT molecular complexity index is 656.